The molecule has 0 aromatic heterocycles. The van der Waals surface area contributed by atoms with Crippen molar-refractivity contribution in [3.8, 4) is 5.75 Å². The van der Waals surface area contributed by atoms with Crippen LogP contribution in [0.2, 0.25) is 0 Å². The lowest BCUT2D eigenvalue weighted by Crippen LogP contribution is -2.35. The summed E-state index contributed by atoms with van der Waals surface area (Å²) in [6, 6.07) is 1.50. The molecule has 0 fully saturated rings. The SMILES string of the molecule is FC(F)(F)C1C=Cc2cc(C(F)(F)C(F)(F)F)ccc2O1. The first kappa shape index (κ1) is 15.6. The van der Waals surface area contributed by atoms with Gasteiger partial charge in [-0.3, -0.25) is 0 Å². The summed E-state index contributed by atoms with van der Waals surface area (Å²) >= 11 is 0. The zero-order chi connectivity index (χ0) is 16.1. The highest BCUT2D eigenvalue weighted by Crippen LogP contribution is 2.45. The van der Waals surface area contributed by atoms with Crippen molar-refractivity contribution in [3.05, 3.63) is 35.4 Å². The van der Waals surface area contributed by atoms with Crippen molar-refractivity contribution in [2.45, 2.75) is 24.4 Å². The summed E-state index contributed by atoms with van der Waals surface area (Å²) in [5.41, 5.74) is -1.65. The van der Waals surface area contributed by atoms with E-state index in [1.807, 2.05) is 0 Å². The molecule has 9 heteroatoms. The van der Waals surface area contributed by atoms with Crippen molar-refractivity contribution in [1.82, 2.24) is 0 Å². The van der Waals surface area contributed by atoms with Crippen LogP contribution >= 0.6 is 0 Å². The number of rotatable bonds is 1. The molecule has 0 radical (unpaired) electrons. The summed E-state index contributed by atoms with van der Waals surface area (Å²) in [6.45, 7) is 0. The van der Waals surface area contributed by atoms with Gasteiger partial charge in [-0.05, 0) is 24.3 Å². The van der Waals surface area contributed by atoms with Gasteiger partial charge in [-0.15, -0.1) is 0 Å². The predicted octanol–water partition coefficient (Wildman–Crippen LogP) is 4.68. The van der Waals surface area contributed by atoms with Crippen LogP contribution in [0.3, 0.4) is 0 Å². The van der Waals surface area contributed by atoms with E-state index in [0.717, 1.165) is 6.08 Å². The lowest BCUT2D eigenvalue weighted by Gasteiger charge is -2.25. The fourth-order valence-corrected chi connectivity index (χ4v) is 1.69. The van der Waals surface area contributed by atoms with Crippen LogP contribution in [0.25, 0.3) is 6.08 Å². The number of alkyl halides is 8. The molecule has 1 unspecified atom stereocenters. The van der Waals surface area contributed by atoms with Gasteiger partial charge in [0.2, 0.25) is 6.10 Å². The van der Waals surface area contributed by atoms with Crippen LogP contribution in [-0.2, 0) is 5.92 Å². The van der Waals surface area contributed by atoms with Gasteiger partial charge < -0.3 is 4.74 Å². The molecule has 1 aliphatic heterocycles. The molecular weight excluding hydrogens is 312 g/mol. The van der Waals surface area contributed by atoms with E-state index >= 15 is 0 Å². The minimum absolute atomic E-state index is 0.281. The first-order chi connectivity index (χ1) is 9.43. The molecule has 0 N–H and O–H groups in total. The normalized spacial score (nSPS) is 19.1. The van der Waals surface area contributed by atoms with E-state index in [9.17, 15) is 35.1 Å². The van der Waals surface area contributed by atoms with E-state index in [2.05, 4.69) is 4.74 Å². The topological polar surface area (TPSA) is 9.23 Å². The average molecular weight is 318 g/mol. The third-order valence-electron chi connectivity index (χ3n) is 2.76. The molecule has 21 heavy (non-hydrogen) atoms. The van der Waals surface area contributed by atoms with Gasteiger partial charge in [0.1, 0.15) is 5.75 Å². The van der Waals surface area contributed by atoms with Crippen molar-refractivity contribution in [1.29, 1.82) is 0 Å². The zero-order valence-electron chi connectivity index (χ0n) is 9.90. The smallest absolute Gasteiger partial charge is 0.458 e. The molecule has 0 spiro atoms. The minimum Gasteiger partial charge on any atom is -0.476 e. The Hall–Kier alpha value is -1.80. The molecule has 1 aliphatic rings. The monoisotopic (exact) mass is 318 g/mol. The van der Waals surface area contributed by atoms with E-state index in [1.165, 1.54) is 0 Å². The van der Waals surface area contributed by atoms with Gasteiger partial charge in [0.15, 0.2) is 0 Å². The Bertz CT molecular complexity index is 570. The molecule has 1 aromatic carbocycles. The third kappa shape index (κ3) is 2.81. The summed E-state index contributed by atoms with van der Waals surface area (Å²) in [5.74, 6) is -5.52. The Morgan fingerprint density at radius 3 is 2.05 bits per heavy atom. The van der Waals surface area contributed by atoms with Gasteiger partial charge in [-0.2, -0.15) is 35.1 Å². The van der Waals surface area contributed by atoms with Gasteiger partial charge in [0, 0.05) is 11.1 Å². The molecule has 0 aliphatic carbocycles. The van der Waals surface area contributed by atoms with Gasteiger partial charge >= 0.3 is 18.3 Å². The highest BCUT2D eigenvalue weighted by atomic mass is 19.4. The largest absolute Gasteiger partial charge is 0.476 e. The predicted molar refractivity (Wildman–Crippen MR) is 55.9 cm³/mol. The van der Waals surface area contributed by atoms with Gasteiger partial charge in [-0.25, -0.2) is 0 Å². The number of hydrogen-bond acceptors (Lipinski definition) is 1. The molecule has 0 amide bonds. The molecule has 0 saturated carbocycles. The summed E-state index contributed by atoms with van der Waals surface area (Å²) in [6.07, 6.45) is -11.4. The summed E-state index contributed by atoms with van der Waals surface area (Å²) in [5, 5.41) is 0. The number of halogens is 8. The van der Waals surface area contributed by atoms with Crippen LogP contribution in [0.15, 0.2) is 24.3 Å². The van der Waals surface area contributed by atoms with Gasteiger partial charge in [-0.1, -0.05) is 6.08 Å². The van der Waals surface area contributed by atoms with Crippen molar-refractivity contribution < 1.29 is 39.9 Å². The van der Waals surface area contributed by atoms with E-state index in [1.54, 1.807) is 0 Å². The lowest BCUT2D eigenvalue weighted by molar-refractivity contribution is -0.289. The Balaban J connectivity index is 2.37. The van der Waals surface area contributed by atoms with Crippen molar-refractivity contribution in [2.24, 2.45) is 0 Å². The number of fused-ring (bicyclic) bond motifs is 1. The molecule has 1 nitrogen and oxygen atoms in total. The van der Waals surface area contributed by atoms with E-state index in [4.69, 9.17) is 0 Å². The van der Waals surface area contributed by atoms with Crippen molar-refractivity contribution in [2.75, 3.05) is 0 Å². The second kappa shape index (κ2) is 4.60. The maximum Gasteiger partial charge on any atom is 0.458 e. The highest BCUT2D eigenvalue weighted by Gasteiger charge is 2.58. The van der Waals surface area contributed by atoms with E-state index < -0.39 is 35.7 Å². The second-order valence-electron chi connectivity index (χ2n) is 4.26. The molecule has 0 bridgehead atoms. The Kier molecular flexibility index (Phi) is 3.42. The van der Waals surface area contributed by atoms with E-state index in [-0.39, 0.29) is 5.56 Å². The fourth-order valence-electron chi connectivity index (χ4n) is 1.69. The molecule has 1 atom stereocenters. The van der Waals surface area contributed by atoms with Crippen LogP contribution in [0.4, 0.5) is 35.1 Å². The van der Waals surface area contributed by atoms with Crippen LogP contribution in [0.5, 0.6) is 5.75 Å². The molecule has 2 rings (SSSR count). The maximum atomic E-state index is 13.1. The maximum absolute atomic E-state index is 13.1. The fraction of sp³-hybridized carbons (Fsp3) is 0.333. The van der Waals surface area contributed by atoms with Crippen LogP contribution < -0.4 is 4.74 Å². The first-order valence-corrected chi connectivity index (χ1v) is 5.43. The summed E-state index contributed by atoms with van der Waals surface area (Å²) < 4.78 is 105. The Morgan fingerprint density at radius 2 is 1.52 bits per heavy atom. The summed E-state index contributed by atoms with van der Waals surface area (Å²) in [4.78, 5) is 0. The standard InChI is InChI=1S/C12H6F8O/c13-10(14,12(18,19)20)7-2-3-8-6(5-7)1-4-9(21-8)11(15,16)17/h1-5,9H. The summed E-state index contributed by atoms with van der Waals surface area (Å²) in [7, 11) is 0. The van der Waals surface area contributed by atoms with E-state index in [0.29, 0.717) is 24.3 Å². The molecule has 0 saturated heterocycles. The molecular formula is C12H6F8O. The average Bonchev–Trinajstić information content (AvgIpc) is 2.35. The first-order valence-electron chi connectivity index (χ1n) is 5.43. The molecule has 116 valence electrons. The third-order valence-corrected chi connectivity index (χ3v) is 2.76. The van der Waals surface area contributed by atoms with Crippen LogP contribution in [0.1, 0.15) is 11.1 Å². The van der Waals surface area contributed by atoms with Crippen LogP contribution in [0, 0.1) is 0 Å². The number of benzene rings is 1. The molecule has 1 aromatic rings. The molecule has 1 heterocycles. The Labute approximate surface area is 112 Å². The van der Waals surface area contributed by atoms with Gasteiger partial charge in [0.05, 0.1) is 0 Å². The number of ether oxygens (including phenoxy) is 1. The van der Waals surface area contributed by atoms with Crippen molar-refractivity contribution >= 4 is 6.08 Å². The Morgan fingerprint density at radius 1 is 0.905 bits per heavy atom. The second-order valence-corrected chi connectivity index (χ2v) is 4.26. The lowest BCUT2D eigenvalue weighted by atomic mass is 10.0. The quantitative estimate of drug-likeness (QED) is 0.683. The minimum atomic E-state index is -5.80. The zero-order valence-corrected chi connectivity index (χ0v) is 9.90. The van der Waals surface area contributed by atoms with Crippen LogP contribution in [-0.4, -0.2) is 18.5 Å². The highest BCUT2D eigenvalue weighted by molar-refractivity contribution is 5.61. The van der Waals surface area contributed by atoms with Gasteiger partial charge in [0.25, 0.3) is 0 Å². The number of hydrogen-bond donors (Lipinski definition) is 0. The van der Waals surface area contributed by atoms with Crippen molar-refractivity contribution in [3.63, 3.8) is 0 Å².